The van der Waals surface area contributed by atoms with Gasteiger partial charge < -0.3 is 14.5 Å². The number of ether oxygens (including phenoxy) is 1. The van der Waals surface area contributed by atoms with E-state index in [2.05, 4.69) is 20.6 Å². The molecule has 0 unspecified atom stereocenters. The molecule has 0 aliphatic carbocycles. The van der Waals surface area contributed by atoms with Crippen LogP contribution >= 0.6 is 0 Å². The number of hydrogen-bond donors (Lipinski definition) is 1. The third-order valence-corrected chi connectivity index (χ3v) is 3.08. The van der Waals surface area contributed by atoms with Crippen LogP contribution in [0.3, 0.4) is 0 Å². The highest BCUT2D eigenvalue weighted by Gasteiger charge is 2.15. The van der Waals surface area contributed by atoms with Crippen LogP contribution in [0.15, 0.2) is 10.5 Å². The number of nitrogens with one attached hydrogen (secondary N) is 1. The standard InChI is InChI=1S/C14H21N5O3/c1-4-19-11(9-10(2)18-19)14-17-16-13(22-14)6-5-12(20)15-7-8-21-3/h9H,4-8H2,1-3H3,(H,15,20). The Morgan fingerprint density at radius 3 is 3.00 bits per heavy atom. The molecule has 0 bridgehead atoms. The van der Waals surface area contributed by atoms with Gasteiger partial charge in [0.25, 0.3) is 5.89 Å². The van der Waals surface area contributed by atoms with E-state index in [0.29, 0.717) is 37.8 Å². The fourth-order valence-electron chi connectivity index (χ4n) is 2.02. The van der Waals surface area contributed by atoms with Gasteiger partial charge in [0.05, 0.1) is 12.3 Å². The highest BCUT2D eigenvalue weighted by atomic mass is 16.5. The predicted octanol–water partition coefficient (Wildman–Crippen LogP) is 0.957. The average Bonchev–Trinajstić information content (AvgIpc) is 3.11. The van der Waals surface area contributed by atoms with Crippen LogP contribution in [-0.2, 0) is 22.5 Å². The van der Waals surface area contributed by atoms with Gasteiger partial charge in [-0.25, -0.2) is 0 Å². The highest BCUT2D eigenvalue weighted by molar-refractivity contribution is 5.75. The fraction of sp³-hybridized carbons (Fsp3) is 0.571. The molecule has 8 heteroatoms. The molecule has 2 aromatic rings. The molecule has 0 aliphatic rings. The summed E-state index contributed by atoms with van der Waals surface area (Å²) >= 11 is 0. The molecule has 0 spiro atoms. The number of aromatic nitrogens is 4. The molecule has 0 atom stereocenters. The monoisotopic (exact) mass is 307 g/mol. The van der Waals surface area contributed by atoms with E-state index < -0.39 is 0 Å². The van der Waals surface area contributed by atoms with E-state index in [-0.39, 0.29) is 5.91 Å². The summed E-state index contributed by atoms with van der Waals surface area (Å²) in [7, 11) is 1.59. The smallest absolute Gasteiger partial charge is 0.265 e. The van der Waals surface area contributed by atoms with Gasteiger partial charge in [-0.1, -0.05) is 0 Å². The lowest BCUT2D eigenvalue weighted by Crippen LogP contribution is -2.27. The van der Waals surface area contributed by atoms with Crippen molar-refractivity contribution in [1.29, 1.82) is 0 Å². The van der Waals surface area contributed by atoms with Crippen molar-refractivity contribution in [2.45, 2.75) is 33.2 Å². The zero-order valence-electron chi connectivity index (χ0n) is 13.1. The van der Waals surface area contributed by atoms with Gasteiger partial charge in [0, 0.05) is 33.0 Å². The van der Waals surface area contributed by atoms with Gasteiger partial charge >= 0.3 is 0 Å². The number of aryl methyl sites for hydroxylation is 3. The number of amides is 1. The van der Waals surface area contributed by atoms with Crippen LogP contribution < -0.4 is 5.32 Å². The van der Waals surface area contributed by atoms with Gasteiger partial charge in [-0.05, 0) is 19.9 Å². The largest absolute Gasteiger partial charge is 0.419 e. The number of hydrogen-bond acceptors (Lipinski definition) is 6. The first-order valence-corrected chi connectivity index (χ1v) is 7.27. The molecule has 0 saturated heterocycles. The summed E-state index contributed by atoms with van der Waals surface area (Å²) in [6.45, 7) is 5.63. The molecule has 22 heavy (non-hydrogen) atoms. The highest BCUT2D eigenvalue weighted by Crippen LogP contribution is 2.19. The quantitative estimate of drug-likeness (QED) is 0.730. The Kier molecular flexibility index (Phi) is 5.65. The summed E-state index contributed by atoms with van der Waals surface area (Å²) in [5, 5.41) is 15.1. The van der Waals surface area contributed by atoms with Crippen LogP contribution in [0, 0.1) is 6.92 Å². The molecule has 120 valence electrons. The Balaban J connectivity index is 1.92. The summed E-state index contributed by atoms with van der Waals surface area (Å²) in [6.07, 6.45) is 0.711. The van der Waals surface area contributed by atoms with Crippen LogP contribution in [0.5, 0.6) is 0 Å². The lowest BCUT2D eigenvalue weighted by Gasteiger charge is -2.02. The molecule has 0 aromatic carbocycles. The first kappa shape index (κ1) is 16.2. The lowest BCUT2D eigenvalue weighted by molar-refractivity contribution is -0.121. The molecule has 0 saturated carbocycles. The summed E-state index contributed by atoms with van der Waals surface area (Å²) < 4.78 is 12.3. The molecule has 0 radical (unpaired) electrons. The molecule has 0 fully saturated rings. The minimum absolute atomic E-state index is 0.0637. The number of carbonyl (C=O) groups excluding carboxylic acids is 1. The van der Waals surface area contributed by atoms with Crippen LogP contribution in [0.1, 0.15) is 24.9 Å². The van der Waals surface area contributed by atoms with E-state index in [9.17, 15) is 4.79 Å². The molecular formula is C14H21N5O3. The number of rotatable bonds is 8. The van der Waals surface area contributed by atoms with E-state index in [4.69, 9.17) is 9.15 Å². The summed E-state index contributed by atoms with van der Waals surface area (Å²) in [4.78, 5) is 11.6. The molecule has 2 heterocycles. The van der Waals surface area contributed by atoms with Crippen molar-refractivity contribution < 1.29 is 13.9 Å². The molecule has 2 rings (SSSR count). The van der Waals surface area contributed by atoms with E-state index in [0.717, 1.165) is 17.9 Å². The third kappa shape index (κ3) is 4.14. The van der Waals surface area contributed by atoms with E-state index in [1.165, 1.54) is 0 Å². The summed E-state index contributed by atoms with van der Waals surface area (Å²) in [5.41, 5.74) is 1.69. The van der Waals surface area contributed by atoms with Crippen molar-refractivity contribution in [3.05, 3.63) is 17.7 Å². The Bertz CT molecular complexity index is 620. The Labute approximate surface area is 128 Å². The minimum Gasteiger partial charge on any atom is -0.419 e. The van der Waals surface area contributed by atoms with Crippen LogP contribution in [0.4, 0.5) is 0 Å². The van der Waals surface area contributed by atoms with Crippen molar-refractivity contribution in [2.75, 3.05) is 20.3 Å². The second-order valence-corrected chi connectivity index (χ2v) is 4.83. The van der Waals surface area contributed by atoms with Gasteiger partial charge in [0.2, 0.25) is 11.8 Å². The maximum Gasteiger partial charge on any atom is 0.265 e. The second kappa shape index (κ2) is 7.69. The molecule has 8 nitrogen and oxygen atoms in total. The lowest BCUT2D eigenvalue weighted by atomic mass is 10.3. The van der Waals surface area contributed by atoms with E-state index >= 15 is 0 Å². The van der Waals surface area contributed by atoms with Crippen molar-refractivity contribution in [2.24, 2.45) is 0 Å². The molecule has 1 N–H and O–H groups in total. The van der Waals surface area contributed by atoms with Crippen LogP contribution in [0.2, 0.25) is 0 Å². The fourth-order valence-corrected chi connectivity index (χ4v) is 2.02. The molecule has 1 amide bonds. The number of nitrogens with zero attached hydrogens (tertiary/aromatic N) is 4. The molecular weight excluding hydrogens is 286 g/mol. The maximum absolute atomic E-state index is 11.6. The first-order chi connectivity index (χ1) is 10.6. The SMILES string of the molecule is CCn1nc(C)cc1-c1nnc(CCC(=O)NCCOC)o1. The van der Waals surface area contributed by atoms with Crippen molar-refractivity contribution in [3.63, 3.8) is 0 Å². The van der Waals surface area contributed by atoms with Gasteiger partial charge in [-0.15, -0.1) is 10.2 Å². The van der Waals surface area contributed by atoms with E-state index in [1.807, 2.05) is 24.6 Å². The Morgan fingerprint density at radius 2 is 2.27 bits per heavy atom. The second-order valence-electron chi connectivity index (χ2n) is 4.83. The normalized spacial score (nSPS) is 10.9. The first-order valence-electron chi connectivity index (χ1n) is 7.27. The van der Waals surface area contributed by atoms with Crippen LogP contribution in [-0.4, -0.2) is 46.1 Å². The van der Waals surface area contributed by atoms with E-state index in [1.54, 1.807) is 7.11 Å². The van der Waals surface area contributed by atoms with Crippen molar-refractivity contribution in [3.8, 4) is 11.6 Å². The minimum atomic E-state index is -0.0637. The topological polar surface area (TPSA) is 95.1 Å². The van der Waals surface area contributed by atoms with Gasteiger partial charge in [-0.3, -0.25) is 9.48 Å². The zero-order chi connectivity index (χ0) is 15.9. The number of carbonyl (C=O) groups is 1. The Morgan fingerprint density at radius 1 is 1.45 bits per heavy atom. The Hall–Kier alpha value is -2.22. The van der Waals surface area contributed by atoms with Crippen LogP contribution in [0.25, 0.3) is 11.6 Å². The van der Waals surface area contributed by atoms with Gasteiger partial charge in [-0.2, -0.15) is 5.10 Å². The zero-order valence-corrected chi connectivity index (χ0v) is 13.1. The molecule has 2 aromatic heterocycles. The predicted molar refractivity (Wildman–Crippen MR) is 79.1 cm³/mol. The summed E-state index contributed by atoms with van der Waals surface area (Å²) in [5.74, 6) is 0.807. The number of methoxy groups -OCH3 is 1. The maximum atomic E-state index is 11.6. The molecule has 0 aliphatic heterocycles. The summed E-state index contributed by atoms with van der Waals surface area (Å²) in [6, 6.07) is 1.90. The third-order valence-electron chi connectivity index (χ3n) is 3.08. The van der Waals surface area contributed by atoms with Crippen molar-refractivity contribution in [1.82, 2.24) is 25.3 Å². The average molecular weight is 307 g/mol. The van der Waals surface area contributed by atoms with Gasteiger partial charge in [0.15, 0.2) is 0 Å². The van der Waals surface area contributed by atoms with Crippen molar-refractivity contribution >= 4 is 5.91 Å². The van der Waals surface area contributed by atoms with Gasteiger partial charge in [0.1, 0.15) is 5.69 Å².